The zero-order valence-corrected chi connectivity index (χ0v) is 9.87. The van der Waals surface area contributed by atoms with E-state index in [9.17, 15) is 14.7 Å². The molecule has 0 aliphatic carbocycles. The van der Waals surface area contributed by atoms with Crippen molar-refractivity contribution in [3.05, 3.63) is 18.2 Å². The van der Waals surface area contributed by atoms with Gasteiger partial charge in [0.2, 0.25) is 6.79 Å². The van der Waals surface area contributed by atoms with Gasteiger partial charge in [-0.25, -0.2) is 9.59 Å². The van der Waals surface area contributed by atoms with Gasteiger partial charge in [-0.15, -0.1) is 0 Å². The minimum absolute atomic E-state index is 0.108. The summed E-state index contributed by atoms with van der Waals surface area (Å²) < 4.78 is 15.3. The Hall–Kier alpha value is -2.44. The Morgan fingerprint density at radius 2 is 2.05 bits per heavy atom. The first-order chi connectivity index (χ1) is 9.16. The molecule has 7 heteroatoms. The normalized spacial score (nSPS) is 21.2. The van der Waals surface area contributed by atoms with Crippen molar-refractivity contribution >= 4 is 17.7 Å². The lowest BCUT2D eigenvalue weighted by atomic mass is 10.1. The van der Waals surface area contributed by atoms with Crippen molar-refractivity contribution in [2.75, 3.05) is 18.3 Å². The van der Waals surface area contributed by atoms with Crippen molar-refractivity contribution < 1.29 is 28.9 Å². The number of hydrogen-bond acceptors (Lipinski definition) is 5. The number of cyclic esters (lactones) is 1. The molecule has 2 aliphatic heterocycles. The van der Waals surface area contributed by atoms with Gasteiger partial charge in [0.25, 0.3) is 0 Å². The number of anilines is 1. The van der Waals surface area contributed by atoms with Gasteiger partial charge in [0, 0.05) is 12.5 Å². The van der Waals surface area contributed by atoms with Crippen LogP contribution in [0.5, 0.6) is 11.5 Å². The average molecular weight is 265 g/mol. The van der Waals surface area contributed by atoms with Crippen molar-refractivity contribution in [3.8, 4) is 11.5 Å². The topological polar surface area (TPSA) is 85.3 Å². The molecular weight excluding hydrogens is 254 g/mol. The highest BCUT2D eigenvalue weighted by atomic mass is 16.7. The number of aliphatic carboxylic acids is 1. The maximum Gasteiger partial charge on any atom is 0.415 e. The number of carbonyl (C=O) groups is 2. The molecule has 100 valence electrons. The predicted molar refractivity (Wildman–Crippen MR) is 62.4 cm³/mol. The fourth-order valence-electron chi connectivity index (χ4n) is 2.14. The van der Waals surface area contributed by atoms with Gasteiger partial charge >= 0.3 is 12.1 Å². The summed E-state index contributed by atoms with van der Waals surface area (Å²) in [5.41, 5.74) is 0.418. The van der Waals surface area contributed by atoms with E-state index >= 15 is 0 Å². The van der Waals surface area contributed by atoms with Crippen LogP contribution in [0.1, 0.15) is 6.42 Å². The van der Waals surface area contributed by atoms with Crippen molar-refractivity contribution in [1.29, 1.82) is 0 Å². The fraction of sp³-hybridized carbons (Fsp3) is 0.333. The highest BCUT2D eigenvalue weighted by Gasteiger charge is 2.36. The van der Waals surface area contributed by atoms with Gasteiger partial charge in [0.15, 0.2) is 11.5 Å². The minimum atomic E-state index is -1.06. The summed E-state index contributed by atoms with van der Waals surface area (Å²) in [6.45, 7) is 0.225. The van der Waals surface area contributed by atoms with E-state index in [-0.39, 0.29) is 19.8 Å². The Morgan fingerprint density at radius 1 is 1.26 bits per heavy atom. The number of carboxylic acid groups (broad SMARTS) is 1. The molecule has 1 amide bonds. The van der Waals surface area contributed by atoms with Crippen molar-refractivity contribution in [1.82, 2.24) is 0 Å². The Bertz CT molecular complexity index is 543. The second kappa shape index (κ2) is 4.34. The second-order valence-corrected chi connectivity index (χ2v) is 4.16. The first-order valence-electron chi connectivity index (χ1n) is 5.75. The molecule has 1 aromatic rings. The Labute approximate surface area is 108 Å². The molecule has 1 fully saturated rings. The first kappa shape index (κ1) is 11.6. The van der Waals surface area contributed by atoms with Gasteiger partial charge in [-0.1, -0.05) is 0 Å². The van der Waals surface area contributed by atoms with E-state index in [0.29, 0.717) is 17.2 Å². The zero-order chi connectivity index (χ0) is 13.4. The molecular formula is C12H11NO6. The van der Waals surface area contributed by atoms with Gasteiger partial charge < -0.3 is 19.3 Å². The number of nitrogens with zero attached hydrogens (tertiary/aromatic N) is 1. The van der Waals surface area contributed by atoms with E-state index in [1.165, 1.54) is 0 Å². The van der Waals surface area contributed by atoms with Crippen LogP contribution in [0.15, 0.2) is 18.2 Å². The fourth-order valence-corrected chi connectivity index (χ4v) is 2.14. The minimum Gasteiger partial charge on any atom is -0.480 e. The number of carbonyl (C=O) groups excluding carboxylic acids is 1. The molecule has 7 nitrogen and oxygen atoms in total. The first-order valence-corrected chi connectivity index (χ1v) is 5.75. The molecule has 0 radical (unpaired) electrons. The van der Waals surface area contributed by atoms with Gasteiger partial charge in [-0.2, -0.15) is 0 Å². The Morgan fingerprint density at radius 3 is 2.84 bits per heavy atom. The summed E-state index contributed by atoms with van der Waals surface area (Å²) >= 11 is 0. The van der Waals surface area contributed by atoms with Crippen LogP contribution in [0.25, 0.3) is 0 Å². The van der Waals surface area contributed by atoms with Crippen LogP contribution < -0.4 is 14.4 Å². The van der Waals surface area contributed by atoms with E-state index in [0.717, 1.165) is 4.90 Å². The van der Waals surface area contributed by atoms with E-state index in [1.54, 1.807) is 18.2 Å². The number of fused-ring (bicyclic) bond motifs is 1. The third kappa shape index (κ3) is 1.92. The predicted octanol–water partition coefficient (Wildman–Crippen LogP) is 1.22. The SMILES string of the molecule is O=C(O)C1CCOC(=O)N1c1ccc2c(c1)OCO2. The maximum absolute atomic E-state index is 11.8. The third-order valence-electron chi connectivity index (χ3n) is 3.04. The number of rotatable bonds is 2. The number of hydrogen-bond donors (Lipinski definition) is 1. The quantitative estimate of drug-likeness (QED) is 0.865. The monoisotopic (exact) mass is 265 g/mol. The number of carboxylic acids is 1. The van der Waals surface area contributed by atoms with Gasteiger partial charge in [0.05, 0.1) is 12.3 Å². The smallest absolute Gasteiger partial charge is 0.415 e. The molecule has 19 heavy (non-hydrogen) atoms. The van der Waals surface area contributed by atoms with Crippen LogP contribution in [-0.2, 0) is 9.53 Å². The highest BCUT2D eigenvalue weighted by Crippen LogP contribution is 2.36. The van der Waals surface area contributed by atoms with Gasteiger partial charge in [-0.3, -0.25) is 4.90 Å². The van der Waals surface area contributed by atoms with Gasteiger partial charge in [-0.05, 0) is 12.1 Å². The van der Waals surface area contributed by atoms with Gasteiger partial charge in [0.1, 0.15) is 6.04 Å². The van der Waals surface area contributed by atoms with E-state index in [1.807, 2.05) is 0 Å². The molecule has 0 spiro atoms. The molecule has 1 saturated heterocycles. The maximum atomic E-state index is 11.8. The number of amides is 1. The molecule has 2 heterocycles. The van der Waals surface area contributed by atoms with E-state index in [2.05, 4.69) is 0 Å². The molecule has 1 unspecified atom stereocenters. The van der Waals surface area contributed by atoms with Crippen molar-refractivity contribution in [2.24, 2.45) is 0 Å². The average Bonchev–Trinajstić information content (AvgIpc) is 2.85. The molecule has 3 rings (SSSR count). The Kier molecular flexibility index (Phi) is 2.66. The summed E-state index contributed by atoms with van der Waals surface area (Å²) in [5.74, 6) is -0.00432. The van der Waals surface area contributed by atoms with Crippen molar-refractivity contribution in [3.63, 3.8) is 0 Å². The Balaban J connectivity index is 1.97. The van der Waals surface area contributed by atoms with Crippen molar-refractivity contribution in [2.45, 2.75) is 12.5 Å². The summed E-state index contributed by atoms with van der Waals surface area (Å²) in [4.78, 5) is 24.1. The second-order valence-electron chi connectivity index (χ2n) is 4.16. The summed E-state index contributed by atoms with van der Waals surface area (Å²) in [6.07, 6.45) is -0.423. The lowest BCUT2D eigenvalue weighted by Crippen LogP contribution is -2.50. The zero-order valence-electron chi connectivity index (χ0n) is 9.87. The van der Waals surface area contributed by atoms with Crippen LogP contribution >= 0.6 is 0 Å². The highest BCUT2D eigenvalue weighted by molar-refractivity contribution is 5.96. The van der Waals surface area contributed by atoms with Crippen LogP contribution in [0, 0.1) is 0 Å². The molecule has 0 bridgehead atoms. The number of ether oxygens (including phenoxy) is 3. The lowest BCUT2D eigenvalue weighted by Gasteiger charge is -2.32. The summed E-state index contributed by atoms with van der Waals surface area (Å²) in [6, 6.07) is 3.89. The van der Waals surface area contributed by atoms with E-state index < -0.39 is 18.1 Å². The molecule has 1 N–H and O–H groups in total. The molecule has 1 atom stereocenters. The molecule has 0 aromatic heterocycles. The van der Waals surface area contributed by atoms with Crippen LogP contribution in [0.4, 0.5) is 10.5 Å². The lowest BCUT2D eigenvalue weighted by molar-refractivity contribution is -0.139. The summed E-state index contributed by atoms with van der Waals surface area (Å²) in [7, 11) is 0. The largest absolute Gasteiger partial charge is 0.480 e. The van der Waals surface area contributed by atoms with E-state index in [4.69, 9.17) is 14.2 Å². The van der Waals surface area contributed by atoms with Crippen LogP contribution in [0.2, 0.25) is 0 Å². The third-order valence-corrected chi connectivity index (χ3v) is 3.04. The standard InChI is InChI=1S/C12H11NO6/c14-11(15)8-3-4-17-12(16)13(8)7-1-2-9-10(5-7)19-6-18-9/h1-2,5,8H,3-4,6H2,(H,14,15). The molecule has 0 saturated carbocycles. The molecule has 1 aromatic carbocycles. The molecule has 2 aliphatic rings. The van der Waals surface area contributed by atoms with Crippen LogP contribution in [-0.4, -0.2) is 36.6 Å². The number of benzene rings is 1. The summed E-state index contributed by atoms with van der Waals surface area (Å²) in [5, 5.41) is 9.18. The van der Waals surface area contributed by atoms with Crippen LogP contribution in [0.3, 0.4) is 0 Å².